The third-order valence-electron chi connectivity index (χ3n) is 6.06. The summed E-state index contributed by atoms with van der Waals surface area (Å²) in [5.41, 5.74) is 0.576. The van der Waals surface area contributed by atoms with E-state index in [1.54, 1.807) is 4.57 Å². The summed E-state index contributed by atoms with van der Waals surface area (Å²) in [4.78, 5) is 25.2. The van der Waals surface area contributed by atoms with Crippen LogP contribution in [0.5, 0.6) is 0 Å². The fraction of sp³-hybridized carbons (Fsp3) is 0.550. The van der Waals surface area contributed by atoms with E-state index in [2.05, 4.69) is 27.6 Å². The summed E-state index contributed by atoms with van der Waals surface area (Å²) < 4.78 is 1.69. The normalized spacial score (nSPS) is 22.2. The smallest absolute Gasteiger partial charge is 0.343 e. The van der Waals surface area contributed by atoms with Crippen LogP contribution in [0.25, 0.3) is 0 Å². The molecule has 1 aliphatic heterocycles. The van der Waals surface area contributed by atoms with Gasteiger partial charge in [-0.1, -0.05) is 49.6 Å². The molecule has 6 heteroatoms. The van der Waals surface area contributed by atoms with Crippen LogP contribution in [0, 0.1) is 0 Å². The number of hydrogen-bond acceptors (Lipinski definition) is 3. The number of aromatic nitrogens is 3. The van der Waals surface area contributed by atoms with Crippen LogP contribution in [0.15, 0.2) is 35.1 Å². The molecule has 1 aliphatic carbocycles. The summed E-state index contributed by atoms with van der Waals surface area (Å²) in [5.74, 6) is 0.948. The Morgan fingerprint density at radius 3 is 2.69 bits per heavy atom. The molecule has 138 valence electrons. The average Bonchev–Trinajstić information content (AvgIpc) is 2.91. The molecule has 1 saturated carbocycles. The van der Waals surface area contributed by atoms with Crippen LogP contribution >= 0.6 is 0 Å². The molecule has 6 nitrogen and oxygen atoms in total. The third-order valence-corrected chi connectivity index (χ3v) is 6.06. The largest absolute Gasteiger partial charge is 0.353 e. The van der Waals surface area contributed by atoms with Gasteiger partial charge < -0.3 is 5.32 Å². The lowest BCUT2D eigenvalue weighted by Gasteiger charge is -2.37. The molecule has 2 aliphatic rings. The fourth-order valence-electron chi connectivity index (χ4n) is 4.53. The molecule has 4 rings (SSSR count). The van der Waals surface area contributed by atoms with E-state index in [4.69, 9.17) is 0 Å². The summed E-state index contributed by atoms with van der Waals surface area (Å²) in [5, 5.41) is 9.93. The molecule has 0 spiro atoms. The minimum Gasteiger partial charge on any atom is -0.353 e. The fourth-order valence-corrected chi connectivity index (χ4v) is 4.53. The van der Waals surface area contributed by atoms with Gasteiger partial charge in [-0.25, -0.2) is 9.89 Å². The number of amides is 1. The number of hydrogen-bond donors (Lipinski definition) is 2. The average molecular weight is 354 g/mol. The van der Waals surface area contributed by atoms with Crippen LogP contribution in [0.1, 0.15) is 56.3 Å². The third kappa shape index (κ3) is 3.08. The van der Waals surface area contributed by atoms with Gasteiger partial charge in [0.15, 0.2) is 0 Å². The minimum atomic E-state index is -0.406. The van der Waals surface area contributed by atoms with Gasteiger partial charge in [0.1, 0.15) is 5.82 Å². The van der Waals surface area contributed by atoms with E-state index in [1.807, 2.05) is 18.2 Å². The van der Waals surface area contributed by atoms with Gasteiger partial charge in [0.05, 0.1) is 5.41 Å². The molecule has 1 aromatic carbocycles. The molecule has 1 aromatic heterocycles. The zero-order valence-corrected chi connectivity index (χ0v) is 15.0. The van der Waals surface area contributed by atoms with Crippen molar-refractivity contribution >= 4 is 5.91 Å². The number of nitrogens with one attached hydrogen (secondary N) is 2. The Bertz CT molecular complexity index is 818. The topological polar surface area (TPSA) is 79.8 Å². The molecule has 2 N–H and O–H groups in total. The van der Waals surface area contributed by atoms with E-state index in [1.165, 1.54) is 6.42 Å². The number of fused-ring (bicyclic) bond motifs is 1. The van der Waals surface area contributed by atoms with E-state index in [-0.39, 0.29) is 17.6 Å². The first-order valence-corrected chi connectivity index (χ1v) is 9.70. The highest BCUT2D eigenvalue weighted by atomic mass is 16.2. The molecule has 0 bridgehead atoms. The molecule has 0 saturated heterocycles. The van der Waals surface area contributed by atoms with Crippen molar-refractivity contribution in [2.45, 2.75) is 69.4 Å². The molecular formula is C20H26N4O2. The minimum absolute atomic E-state index is 0.0890. The Balaban J connectivity index is 1.51. The first-order valence-electron chi connectivity index (χ1n) is 9.70. The van der Waals surface area contributed by atoms with E-state index in [9.17, 15) is 9.59 Å². The zero-order valence-electron chi connectivity index (χ0n) is 15.0. The molecule has 1 unspecified atom stereocenters. The lowest BCUT2D eigenvalue weighted by molar-refractivity contribution is -0.128. The van der Waals surface area contributed by atoms with Gasteiger partial charge in [-0.15, -0.1) is 0 Å². The molecule has 2 aromatic rings. The number of carbonyl (C=O) groups is 1. The van der Waals surface area contributed by atoms with Gasteiger partial charge >= 0.3 is 5.69 Å². The zero-order chi connectivity index (χ0) is 18.0. The molecular weight excluding hydrogens is 328 g/mol. The van der Waals surface area contributed by atoms with Gasteiger partial charge in [-0.2, -0.15) is 5.10 Å². The summed E-state index contributed by atoms with van der Waals surface area (Å²) >= 11 is 0. The molecule has 2 heterocycles. The van der Waals surface area contributed by atoms with E-state index in [0.717, 1.165) is 49.9 Å². The van der Waals surface area contributed by atoms with Crippen molar-refractivity contribution in [3.8, 4) is 0 Å². The SMILES string of the molecule is O=C(NC1CCc2n[nH]c(=O)n2CC1)C1(c2ccccc2)CCCCC1. The van der Waals surface area contributed by atoms with Crippen molar-refractivity contribution in [3.63, 3.8) is 0 Å². The van der Waals surface area contributed by atoms with Crippen molar-refractivity contribution < 1.29 is 4.79 Å². The molecule has 26 heavy (non-hydrogen) atoms. The number of carbonyl (C=O) groups excluding carboxylic acids is 1. The number of aryl methyl sites for hydroxylation is 1. The van der Waals surface area contributed by atoms with E-state index in [0.29, 0.717) is 13.0 Å². The Morgan fingerprint density at radius 1 is 1.15 bits per heavy atom. The van der Waals surface area contributed by atoms with Gasteiger partial charge in [-0.3, -0.25) is 9.36 Å². The summed E-state index contributed by atoms with van der Waals surface area (Å²) in [6, 6.07) is 10.3. The van der Waals surface area contributed by atoms with Crippen molar-refractivity contribution in [1.29, 1.82) is 0 Å². The Hall–Kier alpha value is -2.37. The number of benzene rings is 1. The second-order valence-corrected chi connectivity index (χ2v) is 7.60. The predicted octanol–water partition coefficient (Wildman–Crippen LogP) is 2.29. The highest BCUT2D eigenvalue weighted by Crippen LogP contribution is 2.40. The van der Waals surface area contributed by atoms with Crippen molar-refractivity contribution in [3.05, 3.63) is 52.2 Å². The highest BCUT2D eigenvalue weighted by molar-refractivity contribution is 5.88. The molecule has 1 atom stereocenters. The number of rotatable bonds is 3. The number of nitrogens with zero attached hydrogens (tertiary/aromatic N) is 2. The van der Waals surface area contributed by atoms with Crippen molar-refractivity contribution in [1.82, 2.24) is 20.1 Å². The highest BCUT2D eigenvalue weighted by Gasteiger charge is 2.41. The monoisotopic (exact) mass is 354 g/mol. The maximum atomic E-state index is 13.4. The van der Waals surface area contributed by atoms with E-state index < -0.39 is 5.41 Å². The summed E-state index contributed by atoms with van der Waals surface area (Å²) in [6.45, 7) is 0.605. The Kier molecular flexibility index (Phi) is 4.66. The maximum Gasteiger partial charge on any atom is 0.343 e. The Morgan fingerprint density at radius 2 is 1.92 bits per heavy atom. The molecule has 1 amide bonds. The summed E-state index contributed by atoms with van der Waals surface area (Å²) in [6.07, 6.45) is 7.52. The number of aromatic amines is 1. The van der Waals surface area contributed by atoms with Crippen molar-refractivity contribution in [2.24, 2.45) is 0 Å². The van der Waals surface area contributed by atoms with Gasteiger partial charge in [0, 0.05) is 19.0 Å². The standard InChI is InChI=1S/C20H26N4O2/c25-18(20(12-5-2-6-13-20)15-7-3-1-4-8-15)21-16-9-10-17-22-23-19(26)24(17)14-11-16/h1,3-4,7-8,16H,2,5-6,9-14H2,(H,21,25)(H,23,26). The molecule has 0 radical (unpaired) electrons. The predicted molar refractivity (Wildman–Crippen MR) is 98.9 cm³/mol. The van der Waals surface area contributed by atoms with Crippen LogP contribution in [-0.4, -0.2) is 26.7 Å². The lowest BCUT2D eigenvalue weighted by atomic mass is 9.68. The molecule has 1 fully saturated rings. The summed E-state index contributed by atoms with van der Waals surface area (Å²) in [7, 11) is 0. The lowest BCUT2D eigenvalue weighted by Crippen LogP contribution is -2.49. The van der Waals surface area contributed by atoms with Gasteiger partial charge in [-0.05, 0) is 31.2 Å². The second kappa shape index (κ2) is 7.09. The maximum absolute atomic E-state index is 13.4. The van der Waals surface area contributed by atoms with Crippen LogP contribution < -0.4 is 11.0 Å². The van der Waals surface area contributed by atoms with Crippen molar-refractivity contribution in [2.75, 3.05) is 0 Å². The van der Waals surface area contributed by atoms with Crippen LogP contribution in [0.2, 0.25) is 0 Å². The first kappa shape index (κ1) is 17.1. The Labute approximate surface area is 153 Å². The quantitative estimate of drug-likeness (QED) is 0.887. The number of H-pyrrole nitrogens is 1. The van der Waals surface area contributed by atoms with E-state index >= 15 is 0 Å². The first-order chi connectivity index (χ1) is 12.7. The second-order valence-electron chi connectivity index (χ2n) is 7.60. The van der Waals surface area contributed by atoms with Gasteiger partial charge in [0.2, 0.25) is 5.91 Å². The van der Waals surface area contributed by atoms with Crippen LogP contribution in [0.3, 0.4) is 0 Å². The van der Waals surface area contributed by atoms with Gasteiger partial charge in [0.25, 0.3) is 0 Å². The van der Waals surface area contributed by atoms with Crippen LogP contribution in [-0.2, 0) is 23.2 Å². The van der Waals surface area contributed by atoms with Crippen LogP contribution in [0.4, 0.5) is 0 Å².